The summed E-state index contributed by atoms with van der Waals surface area (Å²) in [5, 5.41) is 14.2. The van der Waals surface area contributed by atoms with Crippen LogP contribution in [0, 0.1) is 17.0 Å². The number of hydrogen-bond donors (Lipinski definition) is 1. The third kappa shape index (κ3) is 3.50. The zero-order valence-electron chi connectivity index (χ0n) is 18.0. The molecule has 0 saturated heterocycles. The van der Waals surface area contributed by atoms with E-state index in [1.165, 1.54) is 12.1 Å². The smallest absolute Gasteiger partial charge is 0.336 e. The summed E-state index contributed by atoms with van der Waals surface area (Å²) in [5.74, 6) is 0.401. The second-order valence-electron chi connectivity index (χ2n) is 7.93. The van der Waals surface area contributed by atoms with E-state index < -0.39 is 16.7 Å². The standard InChI is InChI=1S/C25H20N2O6/c1-13-7-25(28)33-24-11-22(15(12-26)8-17(13)24)31-14(2)18-9-19-16-5-3-4-6-21(16)32-23(19)10-20(18)27(29)30/h3-11,14H,12,26H2,1-2H3. The van der Waals surface area contributed by atoms with E-state index in [1.807, 2.05) is 37.3 Å². The number of aryl methyl sites for hydroxylation is 1. The van der Waals surface area contributed by atoms with Crippen LogP contribution in [0.25, 0.3) is 32.9 Å². The van der Waals surface area contributed by atoms with E-state index >= 15 is 0 Å². The SMILES string of the molecule is Cc1cc(=O)oc2cc(OC(C)c3cc4c(cc3[N+](=O)[O-])oc3ccccc34)c(CN)cc12. The molecule has 8 nitrogen and oxygen atoms in total. The number of rotatable bonds is 5. The maximum Gasteiger partial charge on any atom is 0.336 e. The molecule has 5 aromatic rings. The molecule has 1 unspecified atom stereocenters. The molecule has 0 aliphatic carbocycles. The average molecular weight is 444 g/mol. The van der Waals surface area contributed by atoms with E-state index in [0.29, 0.717) is 33.6 Å². The van der Waals surface area contributed by atoms with Crippen LogP contribution < -0.4 is 16.1 Å². The minimum atomic E-state index is -0.692. The Kier molecular flexibility index (Phi) is 4.87. The molecule has 0 aliphatic heterocycles. The molecule has 0 aliphatic rings. The number of nitrogens with zero attached hydrogens (tertiary/aromatic N) is 1. The highest BCUT2D eigenvalue weighted by atomic mass is 16.6. The van der Waals surface area contributed by atoms with Crippen LogP contribution in [-0.4, -0.2) is 4.92 Å². The second-order valence-corrected chi connectivity index (χ2v) is 7.93. The molecule has 1 atom stereocenters. The molecule has 166 valence electrons. The van der Waals surface area contributed by atoms with E-state index in [4.69, 9.17) is 19.3 Å². The number of nitrogens with two attached hydrogens (primary N) is 1. The number of para-hydroxylation sites is 1. The molecule has 0 spiro atoms. The number of furan rings is 1. The third-order valence-electron chi connectivity index (χ3n) is 5.82. The predicted molar refractivity (Wildman–Crippen MR) is 125 cm³/mol. The van der Waals surface area contributed by atoms with Gasteiger partial charge in [-0.05, 0) is 37.6 Å². The van der Waals surface area contributed by atoms with E-state index in [1.54, 1.807) is 19.1 Å². The van der Waals surface area contributed by atoms with E-state index in [0.717, 1.165) is 21.7 Å². The number of benzene rings is 3. The lowest BCUT2D eigenvalue weighted by Crippen LogP contribution is -2.09. The molecule has 0 amide bonds. The highest BCUT2D eigenvalue weighted by molar-refractivity contribution is 6.05. The normalized spacial score (nSPS) is 12.5. The highest BCUT2D eigenvalue weighted by Gasteiger charge is 2.25. The quantitative estimate of drug-likeness (QED) is 0.215. The van der Waals surface area contributed by atoms with Gasteiger partial charge in [-0.15, -0.1) is 0 Å². The molecule has 0 saturated carbocycles. The van der Waals surface area contributed by atoms with Crippen LogP contribution in [0.3, 0.4) is 0 Å². The number of nitro groups is 1. The zero-order valence-corrected chi connectivity index (χ0v) is 18.0. The van der Waals surface area contributed by atoms with Crippen molar-refractivity contribution in [2.45, 2.75) is 26.5 Å². The van der Waals surface area contributed by atoms with Crippen molar-refractivity contribution in [3.63, 3.8) is 0 Å². The van der Waals surface area contributed by atoms with Gasteiger partial charge in [-0.25, -0.2) is 4.79 Å². The van der Waals surface area contributed by atoms with Crippen LogP contribution in [0.2, 0.25) is 0 Å². The molecule has 0 bridgehead atoms. The fourth-order valence-corrected chi connectivity index (χ4v) is 4.18. The van der Waals surface area contributed by atoms with Crippen molar-refractivity contribution in [1.29, 1.82) is 0 Å². The Balaban J connectivity index is 1.64. The lowest BCUT2D eigenvalue weighted by Gasteiger charge is -2.18. The summed E-state index contributed by atoms with van der Waals surface area (Å²) in [4.78, 5) is 23.2. The molecule has 2 aromatic heterocycles. The Labute approximate surface area is 187 Å². The van der Waals surface area contributed by atoms with Crippen LogP contribution in [0.1, 0.15) is 29.7 Å². The summed E-state index contributed by atoms with van der Waals surface area (Å²) in [7, 11) is 0. The molecule has 2 N–H and O–H groups in total. The number of ether oxygens (including phenoxy) is 1. The first-order chi connectivity index (χ1) is 15.9. The molecular formula is C25H20N2O6. The van der Waals surface area contributed by atoms with E-state index in [2.05, 4.69) is 0 Å². The molecule has 3 aromatic carbocycles. The van der Waals surface area contributed by atoms with Gasteiger partial charge in [-0.3, -0.25) is 10.1 Å². The number of nitro benzene ring substituents is 1. The van der Waals surface area contributed by atoms with Crippen molar-refractivity contribution in [2.75, 3.05) is 0 Å². The highest BCUT2D eigenvalue weighted by Crippen LogP contribution is 2.38. The molecule has 2 heterocycles. The van der Waals surface area contributed by atoms with Crippen LogP contribution in [-0.2, 0) is 6.54 Å². The fourth-order valence-electron chi connectivity index (χ4n) is 4.18. The summed E-state index contributed by atoms with van der Waals surface area (Å²) in [6.45, 7) is 3.73. The molecular weight excluding hydrogens is 424 g/mol. The third-order valence-corrected chi connectivity index (χ3v) is 5.82. The second kappa shape index (κ2) is 7.75. The van der Waals surface area contributed by atoms with E-state index in [9.17, 15) is 14.9 Å². The summed E-state index contributed by atoms with van der Waals surface area (Å²) in [5.41, 5.74) is 8.69. The van der Waals surface area contributed by atoms with Gasteiger partial charge in [-0.1, -0.05) is 18.2 Å². The minimum absolute atomic E-state index is 0.105. The van der Waals surface area contributed by atoms with E-state index in [-0.39, 0.29) is 12.2 Å². The Morgan fingerprint density at radius 2 is 1.76 bits per heavy atom. The predicted octanol–water partition coefficient (Wildman–Crippen LogP) is 5.51. The summed E-state index contributed by atoms with van der Waals surface area (Å²) in [6.07, 6.45) is -0.692. The Morgan fingerprint density at radius 1 is 1.00 bits per heavy atom. The lowest BCUT2D eigenvalue weighted by atomic mass is 10.0. The largest absolute Gasteiger partial charge is 0.485 e. The van der Waals surface area contributed by atoms with Gasteiger partial charge in [0.2, 0.25) is 0 Å². The molecule has 0 fully saturated rings. The van der Waals surface area contributed by atoms with Crippen LogP contribution in [0.15, 0.2) is 68.2 Å². The van der Waals surface area contributed by atoms with Gasteiger partial charge < -0.3 is 19.3 Å². The van der Waals surface area contributed by atoms with Crippen molar-refractivity contribution < 1.29 is 18.5 Å². The number of fused-ring (bicyclic) bond motifs is 4. The van der Waals surface area contributed by atoms with Gasteiger partial charge in [0.1, 0.15) is 28.6 Å². The van der Waals surface area contributed by atoms with Crippen molar-refractivity contribution in [3.05, 3.63) is 91.8 Å². The van der Waals surface area contributed by atoms with Gasteiger partial charge in [0.15, 0.2) is 0 Å². The fraction of sp³-hybridized carbons (Fsp3) is 0.160. The van der Waals surface area contributed by atoms with Crippen molar-refractivity contribution in [2.24, 2.45) is 5.73 Å². The number of hydrogen-bond acceptors (Lipinski definition) is 7. The maximum atomic E-state index is 11.8. The van der Waals surface area contributed by atoms with Gasteiger partial charge in [0.25, 0.3) is 5.69 Å². The van der Waals surface area contributed by atoms with Gasteiger partial charge >= 0.3 is 5.63 Å². The first kappa shape index (κ1) is 20.7. The summed E-state index contributed by atoms with van der Waals surface area (Å²) >= 11 is 0. The average Bonchev–Trinajstić information content (AvgIpc) is 3.15. The van der Waals surface area contributed by atoms with Crippen LogP contribution in [0.5, 0.6) is 5.75 Å². The first-order valence-electron chi connectivity index (χ1n) is 10.4. The van der Waals surface area contributed by atoms with Crippen molar-refractivity contribution in [3.8, 4) is 5.75 Å². The van der Waals surface area contributed by atoms with Gasteiger partial charge in [0.05, 0.1) is 16.6 Å². The van der Waals surface area contributed by atoms with Crippen LogP contribution in [0.4, 0.5) is 5.69 Å². The van der Waals surface area contributed by atoms with Crippen LogP contribution >= 0.6 is 0 Å². The molecule has 33 heavy (non-hydrogen) atoms. The van der Waals surface area contributed by atoms with Crippen molar-refractivity contribution in [1.82, 2.24) is 0 Å². The molecule has 8 heteroatoms. The van der Waals surface area contributed by atoms with Gasteiger partial charge in [0, 0.05) is 40.4 Å². The minimum Gasteiger partial charge on any atom is -0.485 e. The Bertz CT molecular complexity index is 1610. The monoisotopic (exact) mass is 444 g/mol. The zero-order chi connectivity index (χ0) is 23.3. The lowest BCUT2D eigenvalue weighted by molar-refractivity contribution is -0.385. The van der Waals surface area contributed by atoms with Crippen molar-refractivity contribution >= 4 is 38.6 Å². The first-order valence-corrected chi connectivity index (χ1v) is 10.4. The summed E-state index contributed by atoms with van der Waals surface area (Å²) < 4.78 is 17.3. The van der Waals surface area contributed by atoms with Gasteiger partial charge in [-0.2, -0.15) is 0 Å². The topological polar surface area (TPSA) is 122 Å². The Hall–Kier alpha value is -4.17. The molecule has 5 rings (SSSR count). The maximum absolute atomic E-state index is 11.8. The molecule has 0 radical (unpaired) electrons. The Morgan fingerprint density at radius 3 is 2.52 bits per heavy atom. The summed E-state index contributed by atoms with van der Waals surface area (Å²) in [6, 6.07) is 15.5.